The summed E-state index contributed by atoms with van der Waals surface area (Å²) in [5.74, 6) is 0. The Morgan fingerprint density at radius 3 is 2.50 bits per heavy atom. The maximum absolute atomic E-state index is 10.6. The molecular formula is C19H24O5RaS. The fourth-order valence-electron chi connectivity index (χ4n) is 3.51. The molecule has 1 saturated heterocycles. The van der Waals surface area contributed by atoms with Crippen LogP contribution in [-0.4, -0.2) is 51.4 Å². The van der Waals surface area contributed by atoms with Gasteiger partial charge in [0.05, 0.1) is 0 Å². The molecule has 5 nitrogen and oxygen atoms in total. The fraction of sp³-hybridized carbons (Fsp3) is 0.474. The molecule has 26 heavy (non-hydrogen) atoms. The Kier molecular flexibility index (Phi) is 6.66. The number of hydrogen-bond donors (Lipinski definition) is 4. The van der Waals surface area contributed by atoms with Gasteiger partial charge in [0.15, 0.2) is 0 Å². The molecule has 138 valence electrons. The van der Waals surface area contributed by atoms with E-state index in [1.807, 2.05) is 12.1 Å². The second-order valence-corrected chi connectivity index (χ2v) is 13.0. The summed E-state index contributed by atoms with van der Waals surface area (Å²) in [6.07, 6.45) is -4.09. The van der Waals surface area contributed by atoms with Gasteiger partial charge >= 0.3 is 188 Å². The molecule has 2 heterocycles. The number of benzene rings is 1. The summed E-state index contributed by atoms with van der Waals surface area (Å²) in [6.45, 7) is 3.36. The number of aryl methyl sites for hydroxylation is 1. The van der Waals surface area contributed by atoms with Crippen molar-refractivity contribution in [2.45, 2.75) is 50.3 Å². The van der Waals surface area contributed by atoms with Crippen LogP contribution in [0.15, 0.2) is 30.3 Å². The predicted octanol–water partition coefficient (Wildman–Crippen LogP) is 0.243. The Balaban J connectivity index is 1.96. The quantitative estimate of drug-likeness (QED) is 0.410. The van der Waals surface area contributed by atoms with E-state index < -0.39 is 36.6 Å². The number of ether oxygens (including phenoxy) is 1. The van der Waals surface area contributed by atoms with E-state index in [2.05, 4.69) is 25.1 Å². The first-order chi connectivity index (χ1) is 12.3. The Bertz CT molecular complexity index is 777. The van der Waals surface area contributed by atoms with Gasteiger partial charge in [-0.1, -0.05) is 0 Å². The second kappa shape index (κ2) is 8.28. The Hall–Kier alpha value is 0.188. The normalized spacial score (nSPS) is 31.9. The third-order valence-electron chi connectivity index (χ3n) is 5.28. The van der Waals surface area contributed by atoms with E-state index in [0.29, 0.717) is 0 Å². The van der Waals surface area contributed by atoms with Crippen LogP contribution in [-0.2, 0) is 16.8 Å². The van der Waals surface area contributed by atoms with Crippen molar-refractivity contribution >= 4 is 11.9 Å². The maximum atomic E-state index is 10.6. The van der Waals surface area contributed by atoms with Gasteiger partial charge in [0.2, 0.25) is 0 Å². The van der Waals surface area contributed by atoms with Crippen LogP contribution in [0.2, 0.25) is 0 Å². The molecule has 0 radical (unpaired) electrons. The molecule has 0 saturated carbocycles. The van der Waals surface area contributed by atoms with Crippen LogP contribution in [0.4, 0.5) is 0 Å². The van der Waals surface area contributed by atoms with Crippen molar-refractivity contribution in [2.24, 2.45) is 0 Å². The fourth-order valence-corrected chi connectivity index (χ4v) is 6.43. The first kappa shape index (κ1) is 20.9. The average Bonchev–Trinajstić information content (AvgIpc) is 3.03. The molecule has 1 aromatic heterocycles. The van der Waals surface area contributed by atoms with Crippen molar-refractivity contribution in [3.8, 4) is 0 Å². The second-order valence-electron chi connectivity index (χ2n) is 7.20. The van der Waals surface area contributed by atoms with E-state index in [0.717, 1.165) is 12.0 Å². The molecule has 2 aromatic rings. The molecule has 7 heteroatoms. The van der Waals surface area contributed by atoms with Crippen molar-refractivity contribution in [3.63, 3.8) is 0 Å². The van der Waals surface area contributed by atoms with E-state index in [4.69, 9.17) is 4.74 Å². The Morgan fingerprint density at radius 1 is 1.15 bits per heavy atom. The zero-order chi connectivity index (χ0) is 19.1. The molecular weight excluding hydrogens is 566 g/mol. The minimum absolute atomic E-state index is 0.159. The van der Waals surface area contributed by atoms with E-state index in [-0.39, 0.29) is 42.8 Å². The molecule has 1 aliphatic heterocycles. The van der Waals surface area contributed by atoms with Crippen LogP contribution in [0.5, 0.6) is 0 Å². The van der Waals surface area contributed by atoms with Gasteiger partial charge in [0, 0.05) is 0 Å². The number of rotatable bonds is 4. The van der Waals surface area contributed by atoms with Crippen molar-refractivity contribution in [2.75, 3.05) is 6.61 Å². The monoisotopic (exact) mass is 590 g/mol. The molecule has 4 N–H and O–H groups in total. The zero-order valence-corrected chi connectivity index (χ0v) is 24.3. The van der Waals surface area contributed by atoms with Crippen molar-refractivity contribution < 1.29 is 68.0 Å². The van der Waals surface area contributed by atoms with Crippen LogP contribution in [0.1, 0.15) is 27.8 Å². The van der Waals surface area contributed by atoms with E-state index in [1.54, 1.807) is 18.3 Å². The molecule has 1 aliphatic rings. The average molecular weight is 590 g/mol. The van der Waals surface area contributed by atoms with Gasteiger partial charge in [0.1, 0.15) is 0 Å². The van der Waals surface area contributed by atoms with Gasteiger partial charge in [0.25, 0.3) is 0 Å². The van der Waals surface area contributed by atoms with Crippen LogP contribution in [0.25, 0.3) is 0 Å². The minimum atomic E-state index is -1.38. The molecule has 0 bridgehead atoms. The van der Waals surface area contributed by atoms with Gasteiger partial charge < -0.3 is 0 Å². The molecule has 0 amide bonds. The van der Waals surface area contributed by atoms with Crippen molar-refractivity contribution in [3.05, 3.63) is 51.2 Å². The molecule has 1 unspecified atom stereocenters. The third-order valence-corrected chi connectivity index (χ3v) is 10.3. The first-order valence-electron chi connectivity index (χ1n) is 8.74. The Labute approximate surface area is 186 Å². The van der Waals surface area contributed by atoms with Crippen molar-refractivity contribution in [1.82, 2.24) is 0 Å². The summed E-state index contributed by atoms with van der Waals surface area (Å²) < 4.78 is 7.23. The Morgan fingerprint density at radius 2 is 1.88 bits per heavy atom. The summed E-state index contributed by atoms with van der Waals surface area (Å²) in [4.78, 5) is 2.57. The molecule has 1 fully saturated rings. The van der Waals surface area contributed by atoms with E-state index >= 15 is 0 Å². The predicted molar refractivity (Wildman–Crippen MR) is 96.7 cm³/mol. The zero-order valence-electron chi connectivity index (χ0n) is 15.2. The van der Waals surface area contributed by atoms with Gasteiger partial charge in [-0.05, 0) is 0 Å². The van der Waals surface area contributed by atoms with Crippen molar-refractivity contribution in [1.29, 1.82) is 0 Å². The van der Waals surface area contributed by atoms with Gasteiger partial charge in [-0.15, -0.1) is 0 Å². The number of aliphatic hydroxyl groups is 4. The van der Waals surface area contributed by atoms with Crippen LogP contribution in [0.3, 0.4) is 0 Å². The number of thiophene rings is 1. The third kappa shape index (κ3) is 3.98. The SMILES string of the molecule is Cc1ccc(Cc2cc(C3(C)O[C@H](CO)[C@@H](O)[C@H](O)[C@H]3O)cc[c]2[RaH])s1. The summed E-state index contributed by atoms with van der Waals surface area (Å²) in [5, 5.41) is 40.3. The summed E-state index contributed by atoms with van der Waals surface area (Å²) in [5.41, 5.74) is 0.767. The molecule has 0 spiro atoms. The molecule has 1 aromatic carbocycles. The molecule has 5 atom stereocenters. The summed E-state index contributed by atoms with van der Waals surface area (Å²) in [7, 11) is 0. The summed E-state index contributed by atoms with van der Waals surface area (Å²) >= 11 is 1.93. The molecule has 0 aliphatic carbocycles. The molecule has 3 rings (SSSR count). The van der Waals surface area contributed by atoms with E-state index in [1.165, 1.54) is 15.9 Å². The van der Waals surface area contributed by atoms with Gasteiger partial charge in [-0.3, -0.25) is 0 Å². The number of aliphatic hydroxyl groups excluding tert-OH is 4. The topological polar surface area (TPSA) is 90.2 Å². The van der Waals surface area contributed by atoms with Gasteiger partial charge in [-0.2, -0.15) is 0 Å². The number of hydrogen-bond acceptors (Lipinski definition) is 6. The summed E-state index contributed by atoms with van der Waals surface area (Å²) in [6, 6.07) is 10.3. The van der Waals surface area contributed by atoms with Crippen LogP contribution >= 0.6 is 11.3 Å². The van der Waals surface area contributed by atoms with Crippen LogP contribution < -0.4 is 0.604 Å². The van der Waals surface area contributed by atoms with E-state index in [9.17, 15) is 20.4 Å². The standard InChI is InChI=1S/C19H23O5S.Ra.H/c1-11-6-7-14(25-11)9-12-4-3-5-13(8-12)19(2)18(23)17(22)16(21)15(10-20)24-19;;/h3,5-8,15-18,20-23H,9-10H2,1-2H3;;/t15-,16-,17+,18-,19?;;/m1../s1. The van der Waals surface area contributed by atoms with Crippen LogP contribution in [0, 0.1) is 49.7 Å². The van der Waals surface area contributed by atoms with Gasteiger partial charge in [-0.25, -0.2) is 0 Å². The first-order valence-corrected chi connectivity index (χ1v) is 13.7.